The van der Waals surface area contributed by atoms with Gasteiger partial charge in [0.15, 0.2) is 0 Å². The van der Waals surface area contributed by atoms with Crippen LogP contribution in [0, 0.1) is 6.92 Å². The SMILES string of the molecule is Cc1ccc(C(=O)N2CCC[C@H]2C)cn1. The fourth-order valence-electron chi connectivity index (χ4n) is 2.00. The lowest BCUT2D eigenvalue weighted by Gasteiger charge is -2.21. The number of hydrogen-bond acceptors (Lipinski definition) is 2. The molecule has 1 saturated heterocycles. The molecular weight excluding hydrogens is 188 g/mol. The van der Waals surface area contributed by atoms with Crippen molar-refractivity contribution in [3.8, 4) is 0 Å². The van der Waals surface area contributed by atoms with E-state index in [1.807, 2.05) is 24.0 Å². The highest BCUT2D eigenvalue weighted by Crippen LogP contribution is 2.19. The molecule has 1 atom stereocenters. The minimum atomic E-state index is 0.118. The first-order valence-corrected chi connectivity index (χ1v) is 5.42. The molecule has 1 fully saturated rings. The standard InChI is InChI=1S/C12H16N2O/c1-9-5-6-11(8-13-9)12(15)14-7-3-4-10(14)2/h5-6,8,10H,3-4,7H2,1-2H3/t10-/m1/s1. The lowest BCUT2D eigenvalue weighted by Crippen LogP contribution is -2.33. The Morgan fingerprint density at radius 2 is 2.33 bits per heavy atom. The summed E-state index contributed by atoms with van der Waals surface area (Å²) in [5.74, 6) is 0.118. The number of carbonyl (C=O) groups is 1. The first-order valence-electron chi connectivity index (χ1n) is 5.42. The topological polar surface area (TPSA) is 33.2 Å². The largest absolute Gasteiger partial charge is 0.336 e. The number of rotatable bonds is 1. The molecule has 1 amide bonds. The molecule has 0 aromatic carbocycles. The van der Waals surface area contributed by atoms with Gasteiger partial charge in [-0.3, -0.25) is 9.78 Å². The van der Waals surface area contributed by atoms with Gasteiger partial charge < -0.3 is 4.90 Å². The van der Waals surface area contributed by atoms with Crippen LogP contribution in [0.2, 0.25) is 0 Å². The van der Waals surface area contributed by atoms with Crippen molar-refractivity contribution in [2.45, 2.75) is 32.7 Å². The molecule has 0 spiro atoms. The highest BCUT2D eigenvalue weighted by atomic mass is 16.2. The van der Waals surface area contributed by atoms with Gasteiger partial charge in [0.2, 0.25) is 0 Å². The average molecular weight is 204 g/mol. The minimum Gasteiger partial charge on any atom is -0.336 e. The van der Waals surface area contributed by atoms with Crippen LogP contribution in [0.3, 0.4) is 0 Å². The van der Waals surface area contributed by atoms with E-state index in [1.165, 1.54) is 0 Å². The molecule has 1 aromatic heterocycles. The van der Waals surface area contributed by atoms with Gasteiger partial charge >= 0.3 is 0 Å². The van der Waals surface area contributed by atoms with Gasteiger partial charge in [-0.2, -0.15) is 0 Å². The maximum atomic E-state index is 12.1. The summed E-state index contributed by atoms with van der Waals surface area (Å²) >= 11 is 0. The third-order valence-electron chi connectivity index (χ3n) is 2.97. The van der Waals surface area contributed by atoms with E-state index < -0.39 is 0 Å². The molecule has 80 valence electrons. The van der Waals surface area contributed by atoms with Crippen LogP contribution >= 0.6 is 0 Å². The quantitative estimate of drug-likeness (QED) is 0.701. The zero-order valence-corrected chi connectivity index (χ0v) is 9.23. The maximum Gasteiger partial charge on any atom is 0.255 e. The number of carbonyl (C=O) groups excluding carboxylic acids is 1. The zero-order valence-electron chi connectivity index (χ0n) is 9.23. The second kappa shape index (κ2) is 4.01. The number of nitrogens with zero attached hydrogens (tertiary/aromatic N) is 2. The molecular formula is C12H16N2O. The Morgan fingerprint density at radius 3 is 2.87 bits per heavy atom. The van der Waals surface area contributed by atoms with Crippen molar-refractivity contribution >= 4 is 5.91 Å². The molecule has 0 radical (unpaired) electrons. The summed E-state index contributed by atoms with van der Waals surface area (Å²) in [6.07, 6.45) is 3.90. The normalized spacial score (nSPS) is 20.7. The summed E-state index contributed by atoms with van der Waals surface area (Å²) in [6, 6.07) is 4.11. The smallest absolute Gasteiger partial charge is 0.255 e. The molecule has 0 bridgehead atoms. The predicted molar refractivity (Wildman–Crippen MR) is 58.7 cm³/mol. The first-order chi connectivity index (χ1) is 7.18. The number of pyridine rings is 1. The van der Waals surface area contributed by atoms with E-state index in [0.717, 1.165) is 25.1 Å². The molecule has 15 heavy (non-hydrogen) atoms. The Hall–Kier alpha value is -1.38. The highest BCUT2D eigenvalue weighted by molar-refractivity contribution is 5.94. The van der Waals surface area contributed by atoms with Gasteiger partial charge in [-0.1, -0.05) is 0 Å². The van der Waals surface area contributed by atoms with Crippen molar-refractivity contribution in [2.75, 3.05) is 6.54 Å². The van der Waals surface area contributed by atoms with Gasteiger partial charge in [0, 0.05) is 24.5 Å². The van der Waals surface area contributed by atoms with E-state index in [2.05, 4.69) is 11.9 Å². The van der Waals surface area contributed by atoms with Crippen molar-refractivity contribution < 1.29 is 4.79 Å². The summed E-state index contributed by atoms with van der Waals surface area (Å²) in [4.78, 5) is 18.1. The van der Waals surface area contributed by atoms with Crippen molar-refractivity contribution in [1.82, 2.24) is 9.88 Å². The maximum absolute atomic E-state index is 12.1. The van der Waals surface area contributed by atoms with Gasteiger partial charge in [0.25, 0.3) is 5.91 Å². The Bertz CT molecular complexity index is 358. The van der Waals surface area contributed by atoms with E-state index in [-0.39, 0.29) is 5.91 Å². The first kappa shape index (κ1) is 10.1. The van der Waals surface area contributed by atoms with Crippen LogP contribution in [-0.2, 0) is 0 Å². The van der Waals surface area contributed by atoms with Crippen LogP contribution in [0.5, 0.6) is 0 Å². The van der Waals surface area contributed by atoms with Crippen molar-refractivity contribution in [3.05, 3.63) is 29.6 Å². The summed E-state index contributed by atoms with van der Waals surface area (Å²) in [7, 11) is 0. The van der Waals surface area contributed by atoms with Crippen LogP contribution in [0.15, 0.2) is 18.3 Å². The minimum absolute atomic E-state index is 0.118. The molecule has 0 saturated carbocycles. The molecule has 0 unspecified atom stereocenters. The second-order valence-corrected chi connectivity index (χ2v) is 4.18. The molecule has 1 aliphatic rings. The third kappa shape index (κ3) is 2.01. The van der Waals surface area contributed by atoms with Crippen LogP contribution < -0.4 is 0 Å². The fraction of sp³-hybridized carbons (Fsp3) is 0.500. The van der Waals surface area contributed by atoms with Gasteiger partial charge in [-0.15, -0.1) is 0 Å². The van der Waals surface area contributed by atoms with Crippen LogP contribution in [0.4, 0.5) is 0 Å². The van der Waals surface area contributed by atoms with Crippen LogP contribution in [0.1, 0.15) is 35.8 Å². The van der Waals surface area contributed by atoms with Crippen LogP contribution in [-0.4, -0.2) is 28.4 Å². The van der Waals surface area contributed by atoms with Crippen LogP contribution in [0.25, 0.3) is 0 Å². The summed E-state index contributed by atoms with van der Waals surface area (Å²) < 4.78 is 0. The van der Waals surface area contributed by atoms with E-state index in [1.54, 1.807) is 6.20 Å². The summed E-state index contributed by atoms with van der Waals surface area (Å²) in [6.45, 7) is 4.91. The molecule has 0 N–H and O–H groups in total. The lowest BCUT2D eigenvalue weighted by atomic mass is 10.2. The third-order valence-corrected chi connectivity index (χ3v) is 2.97. The monoisotopic (exact) mass is 204 g/mol. The number of aryl methyl sites for hydroxylation is 1. The Kier molecular flexibility index (Phi) is 2.71. The van der Waals surface area contributed by atoms with Crippen molar-refractivity contribution in [3.63, 3.8) is 0 Å². The van der Waals surface area contributed by atoms with E-state index in [4.69, 9.17) is 0 Å². The molecule has 1 aromatic rings. The Balaban J connectivity index is 2.17. The molecule has 2 rings (SSSR count). The number of likely N-dealkylation sites (tertiary alicyclic amines) is 1. The summed E-state index contributed by atoms with van der Waals surface area (Å²) in [5.41, 5.74) is 1.65. The molecule has 3 heteroatoms. The Labute approximate surface area is 90.1 Å². The lowest BCUT2D eigenvalue weighted by molar-refractivity contribution is 0.0747. The van der Waals surface area contributed by atoms with E-state index in [0.29, 0.717) is 11.6 Å². The van der Waals surface area contributed by atoms with Gasteiger partial charge in [-0.05, 0) is 38.8 Å². The molecule has 1 aliphatic heterocycles. The van der Waals surface area contributed by atoms with Crippen molar-refractivity contribution in [1.29, 1.82) is 0 Å². The number of amides is 1. The predicted octanol–water partition coefficient (Wildman–Crippen LogP) is 2.01. The van der Waals surface area contributed by atoms with Crippen molar-refractivity contribution in [2.24, 2.45) is 0 Å². The van der Waals surface area contributed by atoms with E-state index >= 15 is 0 Å². The molecule has 2 heterocycles. The number of aromatic nitrogens is 1. The zero-order chi connectivity index (χ0) is 10.8. The van der Waals surface area contributed by atoms with Gasteiger partial charge in [0.05, 0.1) is 5.56 Å². The average Bonchev–Trinajstić information content (AvgIpc) is 2.65. The van der Waals surface area contributed by atoms with Gasteiger partial charge in [0.1, 0.15) is 0 Å². The second-order valence-electron chi connectivity index (χ2n) is 4.18. The molecule has 0 aliphatic carbocycles. The van der Waals surface area contributed by atoms with Gasteiger partial charge in [-0.25, -0.2) is 0 Å². The summed E-state index contributed by atoms with van der Waals surface area (Å²) in [5, 5.41) is 0. The number of hydrogen-bond donors (Lipinski definition) is 0. The van der Waals surface area contributed by atoms with E-state index in [9.17, 15) is 4.79 Å². The molecule has 3 nitrogen and oxygen atoms in total. The highest BCUT2D eigenvalue weighted by Gasteiger charge is 2.25. The fourth-order valence-corrected chi connectivity index (χ4v) is 2.00. The Morgan fingerprint density at radius 1 is 1.53 bits per heavy atom.